The molecule has 2 heterocycles. The summed E-state index contributed by atoms with van der Waals surface area (Å²) in [6.45, 7) is 6.30. The molecule has 1 saturated carbocycles. The van der Waals surface area contributed by atoms with Crippen LogP contribution in [0.3, 0.4) is 0 Å². The van der Waals surface area contributed by atoms with Crippen LogP contribution >= 0.6 is 0 Å². The number of nitrogens with zero attached hydrogens (tertiary/aromatic N) is 3. The first kappa shape index (κ1) is 14.0. The molecule has 0 amide bonds. The fourth-order valence-electron chi connectivity index (χ4n) is 3.12. The van der Waals surface area contributed by atoms with Crippen LogP contribution < -0.4 is 5.32 Å². The van der Waals surface area contributed by atoms with Gasteiger partial charge in [-0.15, -0.1) is 0 Å². The summed E-state index contributed by atoms with van der Waals surface area (Å²) in [6.07, 6.45) is 2.62. The minimum Gasteiger partial charge on any atom is -0.360 e. The van der Waals surface area contributed by atoms with Gasteiger partial charge in [-0.25, -0.2) is 0 Å². The second kappa shape index (κ2) is 5.84. The van der Waals surface area contributed by atoms with Crippen LogP contribution in [0.25, 0.3) is 0 Å². The van der Waals surface area contributed by atoms with Gasteiger partial charge in [0.15, 0.2) is 5.76 Å². The standard InChI is InChI=1S/C15H26N4O/c1-11-8-19(10-15(11)18(2)3)9-14-6-13(17-20-14)7-16-12-4-5-12/h6,11-12,15-16H,4-5,7-10H2,1-3H3. The first-order valence-electron chi connectivity index (χ1n) is 7.68. The van der Waals surface area contributed by atoms with E-state index in [1.165, 1.54) is 12.8 Å². The number of nitrogens with one attached hydrogen (secondary N) is 1. The van der Waals surface area contributed by atoms with E-state index >= 15 is 0 Å². The van der Waals surface area contributed by atoms with Gasteiger partial charge in [-0.2, -0.15) is 0 Å². The Morgan fingerprint density at radius 1 is 1.40 bits per heavy atom. The minimum atomic E-state index is 0.647. The summed E-state index contributed by atoms with van der Waals surface area (Å²) in [6, 6.07) is 3.47. The van der Waals surface area contributed by atoms with Gasteiger partial charge in [0.25, 0.3) is 0 Å². The van der Waals surface area contributed by atoms with Crippen LogP contribution in [0.15, 0.2) is 10.6 Å². The molecule has 112 valence electrons. The van der Waals surface area contributed by atoms with E-state index in [0.29, 0.717) is 12.0 Å². The highest BCUT2D eigenvalue weighted by Crippen LogP contribution is 2.22. The highest BCUT2D eigenvalue weighted by Gasteiger charge is 2.31. The fraction of sp³-hybridized carbons (Fsp3) is 0.800. The summed E-state index contributed by atoms with van der Waals surface area (Å²) < 4.78 is 5.46. The molecule has 0 aromatic carbocycles. The second-order valence-corrected chi connectivity index (χ2v) is 6.64. The molecule has 2 aliphatic rings. The van der Waals surface area contributed by atoms with Crippen molar-refractivity contribution < 1.29 is 4.52 Å². The summed E-state index contributed by atoms with van der Waals surface area (Å²) in [5, 5.41) is 7.62. The lowest BCUT2D eigenvalue weighted by Crippen LogP contribution is -2.34. The molecule has 1 N–H and O–H groups in total. The van der Waals surface area contributed by atoms with Crippen molar-refractivity contribution >= 4 is 0 Å². The van der Waals surface area contributed by atoms with Gasteiger partial charge in [-0.3, -0.25) is 4.90 Å². The van der Waals surface area contributed by atoms with Crippen LogP contribution in [0.1, 0.15) is 31.2 Å². The molecule has 3 rings (SSSR count). The van der Waals surface area contributed by atoms with E-state index in [-0.39, 0.29) is 0 Å². The van der Waals surface area contributed by atoms with Crippen molar-refractivity contribution in [1.29, 1.82) is 0 Å². The SMILES string of the molecule is CC1CN(Cc2cc(CNC3CC3)no2)CC1N(C)C. The van der Waals surface area contributed by atoms with E-state index in [1.54, 1.807) is 0 Å². The molecule has 2 fully saturated rings. The Kier molecular flexibility index (Phi) is 4.10. The first-order valence-corrected chi connectivity index (χ1v) is 7.68. The zero-order chi connectivity index (χ0) is 14.1. The van der Waals surface area contributed by atoms with Crippen LogP contribution in [0.4, 0.5) is 0 Å². The molecule has 5 heteroatoms. The third-order valence-corrected chi connectivity index (χ3v) is 4.45. The van der Waals surface area contributed by atoms with Crippen molar-refractivity contribution in [3.63, 3.8) is 0 Å². The van der Waals surface area contributed by atoms with Gasteiger partial charge in [0.2, 0.25) is 0 Å². The highest BCUT2D eigenvalue weighted by atomic mass is 16.5. The summed E-state index contributed by atoms with van der Waals surface area (Å²) in [5.41, 5.74) is 1.03. The maximum absolute atomic E-state index is 5.46. The average Bonchev–Trinajstić information content (AvgIpc) is 3.01. The molecule has 0 radical (unpaired) electrons. The Bertz CT molecular complexity index is 441. The molecule has 1 aliphatic carbocycles. The first-order chi connectivity index (χ1) is 9.61. The van der Waals surface area contributed by atoms with Gasteiger partial charge < -0.3 is 14.7 Å². The molecule has 0 spiro atoms. The molecule has 1 aromatic rings. The van der Waals surface area contributed by atoms with Crippen molar-refractivity contribution in [2.75, 3.05) is 27.2 Å². The van der Waals surface area contributed by atoms with Crippen LogP contribution in [-0.4, -0.2) is 54.2 Å². The summed E-state index contributed by atoms with van der Waals surface area (Å²) in [4.78, 5) is 4.80. The predicted molar refractivity (Wildman–Crippen MR) is 78.3 cm³/mol. The van der Waals surface area contributed by atoms with Crippen molar-refractivity contribution in [3.8, 4) is 0 Å². The van der Waals surface area contributed by atoms with E-state index in [1.807, 2.05) is 0 Å². The largest absolute Gasteiger partial charge is 0.360 e. The van der Waals surface area contributed by atoms with E-state index in [2.05, 4.69) is 47.4 Å². The third-order valence-electron chi connectivity index (χ3n) is 4.45. The van der Waals surface area contributed by atoms with Gasteiger partial charge in [0, 0.05) is 37.8 Å². The monoisotopic (exact) mass is 278 g/mol. The number of likely N-dealkylation sites (tertiary alicyclic amines) is 1. The Morgan fingerprint density at radius 3 is 2.85 bits per heavy atom. The lowest BCUT2D eigenvalue weighted by molar-refractivity contribution is 0.237. The van der Waals surface area contributed by atoms with Gasteiger partial charge in [-0.1, -0.05) is 12.1 Å². The fourth-order valence-corrected chi connectivity index (χ4v) is 3.12. The Hall–Kier alpha value is -0.910. The highest BCUT2D eigenvalue weighted by molar-refractivity contribution is 5.06. The molecule has 1 aliphatic heterocycles. The molecule has 2 atom stereocenters. The maximum Gasteiger partial charge on any atom is 0.151 e. The zero-order valence-corrected chi connectivity index (χ0v) is 12.8. The molecular formula is C15H26N4O. The Balaban J connectivity index is 1.50. The van der Waals surface area contributed by atoms with Crippen LogP contribution in [-0.2, 0) is 13.1 Å². The lowest BCUT2D eigenvalue weighted by Gasteiger charge is -2.22. The maximum atomic E-state index is 5.46. The van der Waals surface area contributed by atoms with Gasteiger partial charge in [0.1, 0.15) is 0 Å². The number of likely N-dealkylation sites (N-methyl/N-ethyl adjacent to an activating group) is 1. The third kappa shape index (κ3) is 3.40. The Morgan fingerprint density at radius 2 is 2.20 bits per heavy atom. The average molecular weight is 278 g/mol. The van der Waals surface area contributed by atoms with Gasteiger partial charge in [0.05, 0.1) is 12.2 Å². The quantitative estimate of drug-likeness (QED) is 0.850. The lowest BCUT2D eigenvalue weighted by atomic mass is 10.1. The van der Waals surface area contributed by atoms with E-state index in [0.717, 1.165) is 43.7 Å². The number of rotatable bonds is 6. The number of hydrogen-bond donors (Lipinski definition) is 1. The van der Waals surface area contributed by atoms with Crippen molar-refractivity contribution in [1.82, 2.24) is 20.3 Å². The van der Waals surface area contributed by atoms with Crippen molar-refractivity contribution in [2.45, 2.75) is 44.9 Å². The molecular weight excluding hydrogens is 252 g/mol. The zero-order valence-electron chi connectivity index (χ0n) is 12.8. The molecule has 1 saturated heterocycles. The number of hydrogen-bond acceptors (Lipinski definition) is 5. The van der Waals surface area contributed by atoms with Crippen molar-refractivity contribution in [2.24, 2.45) is 5.92 Å². The predicted octanol–water partition coefficient (Wildman–Crippen LogP) is 1.31. The second-order valence-electron chi connectivity index (χ2n) is 6.64. The Labute approximate surface area is 121 Å². The van der Waals surface area contributed by atoms with E-state index in [9.17, 15) is 0 Å². The van der Waals surface area contributed by atoms with Crippen LogP contribution in [0.2, 0.25) is 0 Å². The van der Waals surface area contributed by atoms with Crippen LogP contribution in [0, 0.1) is 5.92 Å². The summed E-state index contributed by atoms with van der Waals surface area (Å²) >= 11 is 0. The normalized spacial score (nSPS) is 27.6. The molecule has 1 aromatic heterocycles. The summed E-state index contributed by atoms with van der Waals surface area (Å²) in [5.74, 6) is 1.70. The number of aromatic nitrogens is 1. The van der Waals surface area contributed by atoms with Crippen LogP contribution in [0.5, 0.6) is 0 Å². The minimum absolute atomic E-state index is 0.647. The van der Waals surface area contributed by atoms with Gasteiger partial charge in [-0.05, 0) is 32.9 Å². The molecule has 0 bridgehead atoms. The molecule has 5 nitrogen and oxygen atoms in total. The van der Waals surface area contributed by atoms with Gasteiger partial charge >= 0.3 is 0 Å². The smallest absolute Gasteiger partial charge is 0.151 e. The molecule has 20 heavy (non-hydrogen) atoms. The molecule has 2 unspecified atom stereocenters. The van der Waals surface area contributed by atoms with E-state index in [4.69, 9.17) is 4.52 Å². The van der Waals surface area contributed by atoms with Crippen molar-refractivity contribution in [3.05, 3.63) is 17.5 Å². The van der Waals surface area contributed by atoms with E-state index < -0.39 is 0 Å². The topological polar surface area (TPSA) is 44.5 Å². The summed E-state index contributed by atoms with van der Waals surface area (Å²) in [7, 11) is 4.33.